The highest BCUT2D eigenvalue weighted by Crippen LogP contribution is 2.38. The first-order valence-corrected chi connectivity index (χ1v) is 11.0. The van der Waals surface area contributed by atoms with Crippen molar-refractivity contribution in [2.24, 2.45) is 11.7 Å². The van der Waals surface area contributed by atoms with Gasteiger partial charge in [-0.3, -0.25) is 4.98 Å². The van der Waals surface area contributed by atoms with E-state index in [2.05, 4.69) is 9.88 Å². The second-order valence-corrected chi connectivity index (χ2v) is 9.60. The third-order valence-corrected chi connectivity index (χ3v) is 6.19. The van der Waals surface area contributed by atoms with Crippen molar-refractivity contribution in [3.63, 3.8) is 0 Å². The van der Waals surface area contributed by atoms with Gasteiger partial charge in [-0.2, -0.15) is 0 Å². The second-order valence-electron chi connectivity index (χ2n) is 7.01. The number of hydrogen-bond donors (Lipinski definition) is 1. The molecule has 0 bridgehead atoms. The molecule has 3 rings (SSSR count). The Kier molecular flexibility index (Phi) is 5.23. The van der Waals surface area contributed by atoms with Crippen molar-refractivity contribution >= 4 is 38.0 Å². The number of anilines is 1. The fraction of sp³-hybridized carbons (Fsp3) is 0.500. The monoisotopic (exact) mass is 381 g/mol. The molecule has 136 valence electrons. The molecule has 5 nitrogen and oxygen atoms in total. The molecule has 1 unspecified atom stereocenters. The van der Waals surface area contributed by atoms with E-state index in [1.54, 1.807) is 6.20 Å². The highest BCUT2D eigenvalue weighted by atomic mass is 35.5. The van der Waals surface area contributed by atoms with Crippen LogP contribution in [0.5, 0.6) is 0 Å². The standard InChI is InChI=1S/C18H24ClN3O2S/c1-12(20)15-10-16(19)14-4-3-7-21-17(14)18(15)22-8-5-13(6-9-22)11-25(2,23)24/h3-4,7,10,12-13H,5-6,8-9,11,20H2,1-2H3. The highest BCUT2D eigenvalue weighted by molar-refractivity contribution is 7.90. The zero-order chi connectivity index (χ0) is 18.2. The summed E-state index contributed by atoms with van der Waals surface area (Å²) in [5.41, 5.74) is 9.08. The fourth-order valence-corrected chi connectivity index (χ4v) is 5.10. The SMILES string of the molecule is CC(N)c1cc(Cl)c2cccnc2c1N1CCC(CS(C)(=O)=O)CC1. The van der Waals surface area contributed by atoms with Crippen LogP contribution in [0.3, 0.4) is 0 Å². The summed E-state index contributed by atoms with van der Waals surface area (Å²) in [4.78, 5) is 6.84. The summed E-state index contributed by atoms with van der Waals surface area (Å²) in [5.74, 6) is 0.483. The van der Waals surface area contributed by atoms with E-state index in [0.717, 1.165) is 48.1 Å². The number of nitrogens with two attached hydrogens (primary N) is 1. The van der Waals surface area contributed by atoms with Crippen LogP contribution in [-0.4, -0.2) is 38.5 Å². The van der Waals surface area contributed by atoms with Gasteiger partial charge in [0.2, 0.25) is 0 Å². The molecule has 0 amide bonds. The summed E-state index contributed by atoms with van der Waals surface area (Å²) >= 11 is 6.43. The number of halogens is 1. The fourth-order valence-electron chi connectivity index (χ4n) is 3.64. The van der Waals surface area contributed by atoms with E-state index in [1.807, 2.05) is 25.1 Å². The molecule has 0 radical (unpaired) electrons. The Morgan fingerprint density at radius 1 is 1.40 bits per heavy atom. The number of rotatable bonds is 4. The molecule has 7 heteroatoms. The van der Waals surface area contributed by atoms with E-state index in [1.165, 1.54) is 6.26 Å². The van der Waals surface area contributed by atoms with Crippen LogP contribution in [0.15, 0.2) is 24.4 Å². The van der Waals surface area contributed by atoms with Crippen molar-refractivity contribution in [1.82, 2.24) is 4.98 Å². The second kappa shape index (κ2) is 7.09. The van der Waals surface area contributed by atoms with Gasteiger partial charge in [0.25, 0.3) is 0 Å². The van der Waals surface area contributed by atoms with Gasteiger partial charge in [0.1, 0.15) is 9.84 Å². The minimum Gasteiger partial charge on any atom is -0.369 e. The Labute approximate surface area is 154 Å². The predicted octanol–water partition coefficient (Wildman–Crippen LogP) is 3.17. The van der Waals surface area contributed by atoms with Gasteiger partial charge >= 0.3 is 0 Å². The van der Waals surface area contributed by atoms with Crippen LogP contribution < -0.4 is 10.6 Å². The molecule has 2 aromatic rings. The Hall–Kier alpha value is -1.37. The van der Waals surface area contributed by atoms with Crippen molar-refractivity contribution in [1.29, 1.82) is 0 Å². The van der Waals surface area contributed by atoms with Gasteiger partial charge in [0.05, 0.1) is 22.0 Å². The number of hydrogen-bond acceptors (Lipinski definition) is 5. The average molecular weight is 382 g/mol. The summed E-state index contributed by atoms with van der Waals surface area (Å²) in [5, 5.41) is 1.58. The molecular formula is C18H24ClN3O2S. The summed E-state index contributed by atoms with van der Waals surface area (Å²) in [6, 6.07) is 5.62. The molecule has 1 aliphatic rings. The zero-order valence-corrected chi connectivity index (χ0v) is 16.1. The molecule has 1 atom stereocenters. The van der Waals surface area contributed by atoms with E-state index in [-0.39, 0.29) is 17.7 Å². The molecule has 1 aliphatic heterocycles. The van der Waals surface area contributed by atoms with E-state index < -0.39 is 9.84 Å². The van der Waals surface area contributed by atoms with E-state index in [0.29, 0.717) is 5.02 Å². The van der Waals surface area contributed by atoms with Crippen molar-refractivity contribution < 1.29 is 8.42 Å². The molecule has 1 fully saturated rings. The maximum Gasteiger partial charge on any atom is 0.147 e. The van der Waals surface area contributed by atoms with Crippen molar-refractivity contribution in [2.45, 2.75) is 25.8 Å². The Morgan fingerprint density at radius 3 is 2.68 bits per heavy atom. The molecule has 2 N–H and O–H groups in total. The normalized spacial score (nSPS) is 17.8. The first-order chi connectivity index (χ1) is 11.8. The van der Waals surface area contributed by atoms with Crippen LogP contribution in [0.2, 0.25) is 5.02 Å². The van der Waals surface area contributed by atoms with Crippen LogP contribution >= 0.6 is 11.6 Å². The van der Waals surface area contributed by atoms with E-state index in [4.69, 9.17) is 17.3 Å². The molecule has 0 spiro atoms. The molecule has 0 saturated carbocycles. The average Bonchev–Trinajstić information content (AvgIpc) is 2.54. The Bertz CT molecular complexity index is 875. The van der Waals surface area contributed by atoms with Gasteiger partial charge < -0.3 is 10.6 Å². The lowest BCUT2D eigenvalue weighted by Gasteiger charge is -2.35. The molecule has 25 heavy (non-hydrogen) atoms. The molecule has 1 saturated heterocycles. The summed E-state index contributed by atoms with van der Waals surface area (Å²) in [6.07, 6.45) is 4.78. The van der Waals surface area contributed by atoms with Crippen LogP contribution in [-0.2, 0) is 9.84 Å². The molecule has 0 aliphatic carbocycles. The number of piperidine rings is 1. The summed E-state index contributed by atoms with van der Waals surface area (Å²) in [6.45, 7) is 3.54. The van der Waals surface area contributed by atoms with Gasteiger partial charge in [0.15, 0.2) is 0 Å². The Morgan fingerprint density at radius 2 is 2.08 bits per heavy atom. The smallest absolute Gasteiger partial charge is 0.147 e. The largest absolute Gasteiger partial charge is 0.369 e. The van der Waals surface area contributed by atoms with Crippen LogP contribution in [0.4, 0.5) is 5.69 Å². The number of aromatic nitrogens is 1. The summed E-state index contributed by atoms with van der Waals surface area (Å²) < 4.78 is 23.1. The first kappa shape index (κ1) is 18.4. The van der Waals surface area contributed by atoms with Crippen LogP contribution in [0.1, 0.15) is 31.4 Å². The van der Waals surface area contributed by atoms with Gasteiger partial charge in [-0.1, -0.05) is 11.6 Å². The lowest BCUT2D eigenvalue weighted by atomic mass is 9.95. The zero-order valence-electron chi connectivity index (χ0n) is 14.6. The van der Waals surface area contributed by atoms with Gasteiger partial charge in [-0.15, -0.1) is 0 Å². The number of nitrogens with zero attached hydrogens (tertiary/aromatic N) is 2. The third-order valence-electron chi connectivity index (χ3n) is 4.80. The summed E-state index contributed by atoms with van der Waals surface area (Å²) in [7, 11) is -2.94. The molecule has 2 heterocycles. The molecular weight excluding hydrogens is 358 g/mol. The topological polar surface area (TPSA) is 76.3 Å². The maximum atomic E-state index is 11.6. The minimum absolute atomic E-state index is 0.160. The van der Waals surface area contributed by atoms with E-state index in [9.17, 15) is 8.42 Å². The van der Waals surface area contributed by atoms with E-state index >= 15 is 0 Å². The quantitative estimate of drug-likeness (QED) is 0.880. The minimum atomic E-state index is -2.94. The maximum absolute atomic E-state index is 11.6. The number of benzene rings is 1. The predicted molar refractivity (Wildman–Crippen MR) is 104 cm³/mol. The van der Waals surface area contributed by atoms with Gasteiger partial charge in [0, 0.05) is 37.0 Å². The lowest BCUT2D eigenvalue weighted by molar-refractivity contribution is 0.436. The van der Waals surface area contributed by atoms with Crippen LogP contribution in [0.25, 0.3) is 10.9 Å². The third kappa shape index (κ3) is 4.07. The van der Waals surface area contributed by atoms with Crippen LogP contribution in [0, 0.1) is 5.92 Å². The highest BCUT2D eigenvalue weighted by Gasteiger charge is 2.26. The number of pyridine rings is 1. The van der Waals surface area contributed by atoms with Gasteiger partial charge in [-0.05, 0) is 49.4 Å². The molecule has 1 aromatic heterocycles. The van der Waals surface area contributed by atoms with Crippen molar-refractivity contribution in [3.05, 3.63) is 35.0 Å². The number of sulfone groups is 1. The van der Waals surface area contributed by atoms with Crippen molar-refractivity contribution in [3.8, 4) is 0 Å². The molecule has 1 aromatic carbocycles. The number of fused-ring (bicyclic) bond motifs is 1. The van der Waals surface area contributed by atoms with Gasteiger partial charge in [-0.25, -0.2) is 8.42 Å². The van der Waals surface area contributed by atoms with Crippen molar-refractivity contribution in [2.75, 3.05) is 30.0 Å². The first-order valence-electron chi connectivity index (χ1n) is 8.51. The Balaban J connectivity index is 1.96. The lowest BCUT2D eigenvalue weighted by Crippen LogP contribution is -2.37.